The Kier molecular flexibility index (Phi) is 4.23. The Balaban J connectivity index is 1.55. The predicted molar refractivity (Wildman–Crippen MR) is 98.6 cm³/mol. The molecule has 2 aliphatic rings. The monoisotopic (exact) mass is 390 g/mol. The van der Waals surface area contributed by atoms with Crippen LogP contribution in [0.1, 0.15) is 18.4 Å². The number of nitrogens with one attached hydrogen (secondary N) is 1. The first-order chi connectivity index (χ1) is 12.8. The van der Waals surface area contributed by atoms with Crippen molar-refractivity contribution in [2.24, 2.45) is 7.05 Å². The van der Waals surface area contributed by atoms with Crippen LogP contribution in [0, 0.1) is 6.92 Å². The molecule has 8 nitrogen and oxygen atoms in total. The zero-order valence-electron chi connectivity index (χ0n) is 15.3. The lowest BCUT2D eigenvalue weighted by Gasteiger charge is -2.36. The van der Waals surface area contributed by atoms with E-state index in [4.69, 9.17) is 4.74 Å². The molecule has 2 saturated heterocycles. The van der Waals surface area contributed by atoms with Gasteiger partial charge in [-0.05, 0) is 30.7 Å². The molecule has 4 rings (SSSR count). The van der Waals surface area contributed by atoms with Gasteiger partial charge in [0, 0.05) is 44.7 Å². The van der Waals surface area contributed by atoms with Gasteiger partial charge >= 0.3 is 6.09 Å². The first-order valence-corrected chi connectivity index (χ1v) is 10.3. The first-order valence-electron chi connectivity index (χ1n) is 8.87. The van der Waals surface area contributed by atoms with Crippen LogP contribution in [0.3, 0.4) is 0 Å². The van der Waals surface area contributed by atoms with Gasteiger partial charge in [-0.25, -0.2) is 13.2 Å². The number of aromatic nitrogens is 2. The molecule has 0 aliphatic carbocycles. The molecule has 0 atom stereocenters. The molecule has 1 N–H and O–H groups in total. The Morgan fingerprint density at radius 1 is 1.22 bits per heavy atom. The van der Waals surface area contributed by atoms with Crippen LogP contribution in [0.25, 0.3) is 11.3 Å². The van der Waals surface area contributed by atoms with Crippen LogP contribution in [0.2, 0.25) is 0 Å². The van der Waals surface area contributed by atoms with E-state index in [1.165, 1.54) is 4.31 Å². The normalized spacial score (nSPS) is 19.9. The zero-order chi connectivity index (χ0) is 19.2. The van der Waals surface area contributed by atoms with Crippen molar-refractivity contribution in [1.82, 2.24) is 19.4 Å². The van der Waals surface area contributed by atoms with E-state index in [1.54, 1.807) is 23.0 Å². The zero-order valence-corrected chi connectivity index (χ0v) is 16.1. The first kappa shape index (κ1) is 18.0. The Morgan fingerprint density at radius 3 is 2.52 bits per heavy atom. The smallest absolute Gasteiger partial charge is 0.407 e. The quantitative estimate of drug-likeness (QED) is 0.860. The second kappa shape index (κ2) is 6.35. The summed E-state index contributed by atoms with van der Waals surface area (Å²) in [6.45, 7) is 3.01. The van der Waals surface area contributed by atoms with Gasteiger partial charge in [0.15, 0.2) is 0 Å². The number of piperidine rings is 1. The second-order valence-corrected chi connectivity index (χ2v) is 9.08. The van der Waals surface area contributed by atoms with Crippen molar-refractivity contribution in [3.8, 4) is 11.3 Å². The molecule has 2 aromatic rings. The van der Waals surface area contributed by atoms with E-state index in [0.29, 0.717) is 32.5 Å². The highest BCUT2D eigenvalue weighted by molar-refractivity contribution is 7.89. The predicted octanol–water partition coefficient (Wildman–Crippen LogP) is 1.66. The van der Waals surface area contributed by atoms with E-state index in [2.05, 4.69) is 10.4 Å². The molecule has 1 amide bonds. The molecule has 1 aromatic heterocycles. The number of ether oxygens (including phenoxy) is 1. The molecule has 0 saturated carbocycles. The summed E-state index contributed by atoms with van der Waals surface area (Å²) in [7, 11) is -1.74. The van der Waals surface area contributed by atoms with E-state index >= 15 is 0 Å². The van der Waals surface area contributed by atoms with Crippen LogP contribution < -0.4 is 5.32 Å². The number of aryl methyl sites for hydroxylation is 2. The van der Waals surface area contributed by atoms with E-state index in [0.717, 1.165) is 16.8 Å². The number of carbonyl (C=O) groups excluding carboxylic acids is 1. The van der Waals surface area contributed by atoms with Crippen molar-refractivity contribution in [3.63, 3.8) is 0 Å². The molecule has 0 bridgehead atoms. The summed E-state index contributed by atoms with van der Waals surface area (Å²) >= 11 is 0. The molecule has 1 aromatic carbocycles. The van der Waals surface area contributed by atoms with Crippen LogP contribution in [-0.4, -0.2) is 53.8 Å². The maximum Gasteiger partial charge on any atom is 0.407 e. The van der Waals surface area contributed by atoms with Gasteiger partial charge in [0.2, 0.25) is 10.0 Å². The topological polar surface area (TPSA) is 93.5 Å². The van der Waals surface area contributed by atoms with Crippen molar-refractivity contribution < 1.29 is 17.9 Å². The standard InChI is InChI=1S/C18H22N4O4S/c1-13-11-14(3-4-15(13)16-5-8-20-21(16)2)27(24,25)22-9-6-18(7-10-22)12-19-17(23)26-18/h3-5,8,11H,6-7,9-10,12H2,1-2H3,(H,19,23). The Morgan fingerprint density at radius 2 is 1.96 bits per heavy atom. The van der Waals surface area contributed by atoms with Crippen molar-refractivity contribution in [1.29, 1.82) is 0 Å². The van der Waals surface area contributed by atoms with Crippen molar-refractivity contribution in [2.45, 2.75) is 30.3 Å². The molecule has 27 heavy (non-hydrogen) atoms. The summed E-state index contributed by atoms with van der Waals surface area (Å²) in [5, 5.41) is 6.83. The molecule has 144 valence electrons. The van der Waals surface area contributed by atoms with Crippen molar-refractivity contribution in [3.05, 3.63) is 36.0 Å². The maximum absolute atomic E-state index is 13.1. The molecule has 0 radical (unpaired) electrons. The minimum atomic E-state index is -3.59. The van der Waals surface area contributed by atoms with E-state index < -0.39 is 21.7 Å². The lowest BCUT2D eigenvalue weighted by molar-refractivity contribution is 0.0173. The number of sulfonamides is 1. The molecule has 9 heteroatoms. The summed E-state index contributed by atoms with van der Waals surface area (Å²) < 4.78 is 34.7. The average Bonchev–Trinajstić information content (AvgIpc) is 3.21. The van der Waals surface area contributed by atoms with Gasteiger partial charge in [0.1, 0.15) is 5.60 Å². The number of alkyl carbamates (subject to hydrolysis) is 1. The van der Waals surface area contributed by atoms with Gasteiger partial charge in [-0.1, -0.05) is 6.07 Å². The maximum atomic E-state index is 13.1. The molecule has 1 spiro atoms. The van der Waals surface area contributed by atoms with E-state index in [-0.39, 0.29) is 4.90 Å². The van der Waals surface area contributed by atoms with Gasteiger partial charge in [-0.3, -0.25) is 4.68 Å². The summed E-state index contributed by atoms with van der Waals surface area (Å²) in [5.41, 5.74) is 2.20. The fourth-order valence-corrected chi connectivity index (χ4v) is 5.31. The summed E-state index contributed by atoms with van der Waals surface area (Å²) in [5.74, 6) is 0. The van der Waals surface area contributed by atoms with Gasteiger partial charge < -0.3 is 10.1 Å². The third-order valence-electron chi connectivity index (χ3n) is 5.43. The van der Waals surface area contributed by atoms with Gasteiger partial charge in [-0.2, -0.15) is 9.40 Å². The number of hydrogen-bond acceptors (Lipinski definition) is 5. The summed E-state index contributed by atoms with van der Waals surface area (Å²) in [6, 6.07) is 7.08. The van der Waals surface area contributed by atoms with E-state index in [9.17, 15) is 13.2 Å². The number of amides is 1. The van der Waals surface area contributed by atoms with Gasteiger partial charge in [-0.15, -0.1) is 0 Å². The number of nitrogens with zero attached hydrogens (tertiary/aromatic N) is 3. The minimum Gasteiger partial charge on any atom is -0.441 e. The molecule has 2 aliphatic heterocycles. The molecular formula is C18H22N4O4S. The molecule has 3 heterocycles. The fourth-order valence-electron chi connectivity index (χ4n) is 3.79. The SMILES string of the molecule is Cc1cc(S(=O)(=O)N2CCC3(CC2)CNC(=O)O3)ccc1-c1ccnn1C. The molecular weight excluding hydrogens is 368 g/mol. The van der Waals surface area contributed by atoms with Crippen LogP contribution in [0.15, 0.2) is 35.4 Å². The van der Waals surface area contributed by atoms with E-state index in [1.807, 2.05) is 26.1 Å². The van der Waals surface area contributed by atoms with Gasteiger partial charge in [0.25, 0.3) is 0 Å². The average molecular weight is 390 g/mol. The number of benzene rings is 1. The van der Waals surface area contributed by atoms with Crippen LogP contribution in [-0.2, 0) is 21.8 Å². The Labute approximate surface area is 158 Å². The largest absolute Gasteiger partial charge is 0.441 e. The third kappa shape index (κ3) is 3.10. The van der Waals surface area contributed by atoms with Gasteiger partial charge in [0.05, 0.1) is 17.1 Å². The third-order valence-corrected chi connectivity index (χ3v) is 7.32. The van der Waals surface area contributed by atoms with Crippen molar-refractivity contribution >= 4 is 16.1 Å². The van der Waals surface area contributed by atoms with Crippen LogP contribution in [0.4, 0.5) is 4.79 Å². The number of carbonyl (C=O) groups is 1. The highest BCUT2D eigenvalue weighted by atomic mass is 32.2. The lowest BCUT2D eigenvalue weighted by atomic mass is 9.93. The number of hydrogen-bond donors (Lipinski definition) is 1. The molecule has 2 fully saturated rings. The Bertz CT molecular complexity index is 991. The fraction of sp³-hybridized carbons (Fsp3) is 0.444. The van der Waals surface area contributed by atoms with Crippen molar-refractivity contribution in [2.75, 3.05) is 19.6 Å². The van der Waals surface area contributed by atoms with Crippen LogP contribution in [0.5, 0.6) is 0 Å². The second-order valence-electron chi connectivity index (χ2n) is 7.15. The minimum absolute atomic E-state index is 0.281. The van der Waals surface area contributed by atoms with Crippen LogP contribution >= 0.6 is 0 Å². The Hall–Kier alpha value is -2.39. The molecule has 0 unspecified atom stereocenters. The summed E-state index contributed by atoms with van der Waals surface area (Å²) in [4.78, 5) is 11.6. The highest BCUT2D eigenvalue weighted by Gasteiger charge is 2.45. The number of rotatable bonds is 3. The highest BCUT2D eigenvalue weighted by Crippen LogP contribution is 2.33. The lowest BCUT2D eigenvalue weighted by Crippen LogP contribution is -2.48. The summed E-state index contributed by atoms with van der Waals surface area (Å²) in [6.07, 6.45) is 2.29.